The number of nitrogens with zero attached hydrogens (tertiary/aromatic N) is 2. The first-order chi connectivity index (χ1) is 5.65. The molecule has 0 amide bonds. The minimum absolute atomic E-state index is 0.0197. The van der Waals surface area contributed by atoms with Crippen LogP contribution in [0.3, 0.4) is 0 Å². The van der Waals surface area contributed by atoms with Crippen LogP contribution in [-0.2, 0) is 6.54 Å². The summed E-state index contributed by atoms with van der Waals surface area (Å²) < 4.78 is 1.54. The first-order valence-corrected chi connectivity index (χ1v) is 3.59. The summed E-state index contributed by atoms with van der Waals surface area (Å²) in [7, 11) is 0. The third-order valence-electron chi connectivity index (χ3n) is 1.54. The van der Waals surface area contributed by atoms with Crippen molar-refractivity contribution >= 4 is 5.95 Å². The number of hydrogen-bond donors (Lipinski definition) is 2. The number of aromatic nitrogens is 2. The average molecular weight is 169 g/mol. The minimum atomic E-state index is -0.318. The molecule has 0 saturated heterocycles. The van der Waals surface area contributed by atoms with Crippen LogP contribution >= 0.6 is 0 Å². The first-order valence-electron chi connectivity index (χ1n) is 3.59. The number of hydrogen-bond acceptors (Lipinski definition) is 4. The topological polar surface area (TPSA) is 81.1 Å². The van der Waals surface area contributed by atoms with Gasteiger partial charge in [-0.1, -0.05) is 0 Å². The smallest absolute Gasteiger partial charge is 0.277 e. The van der Waals surface area contributed by atoms with Crippen molar-refractivity contribution in [1.82, 2.24) is 9.55 Å². The summed E-state index contributed by atoms with van der Waals surface area (Å²) in [6, 6.07) is 0. The molecular formula is C7H11N3O2. The molecule has 0 bridgehead atoms. The maximum atomic E-state index is 10.9. The SMILES string of the molecule is Cc1cn(CCO)c(N)nc1=O. The van der Waals surface area contributed by atoms with Gasteiger partial charge in [-0.05, 0) is 6.92 Å². The summed E-state index contributed by atoms with van der Waals surface area (Å²) in [6.45, 7) is 2.00. The maximum Gasteiger partial charge on any atom is 0.277 e. The van der Waals surface area contributed by atoms with E-state index in [1.165, 1.54) is 4.57 Å². The van der Waals surface area contributed by atoms with Crippen LogP contribution in [0, 0.1) is 6.92 Å². The van der Waals surface area contributed by atoms with Crippen LogP contribution in [0.5, 0.6) is 0 Å². The number of rotatable bonds is 2. The molecule has 3 N–H and O–H groups in total. The second kappa shape index (κ2) is 3.36. The molecule has 0 aliphatic heterocycles. The number of aliphatic hydroxyl groups is 1. The Bertz CT molecular complexity index is 332. The Morgan fingerprint density at radius 1 is 1.75 bits per heavy atom. The van der Waals surface area contributed by atoms with Gasteiger partial charge >= 0.3 is 0 Å². The third kappa shape index (κ3) is 1.62. The highest BCUT2D eigenvalue weighted by atomic mass is 16.3. The van der Waals surface area contributed by atoms with Gasteiger partial charge in [0.1, 0.15) is 0 Å². The standard InChI is InChI=1S/C7H11N3O2/c1-5-4-10(2-3-11)7(8)9-6(5)12/h4,11H,2-3H2,1H3,(H2,8,9,12). The quantitative estimate of drug-likeness (QED) is 0.602. The zero-order valence-corrected chi connectivity index (χ0v) is 6.82. The fourth-order valence-corrected chi connectivity index (χ4v) is 0.898. The predicted octanol–water partition coefficient (Wildman–Crippen LogP) is -0.874. The summed E-state index contributed by atoms with van der Waals surface area (Å²) in [5, 5.41) is 8.62. The van der Waals surface area contributed by atoms with E-state index in [9.17, 15) is 4.79 Å². The Kier molecular flexibility index (Phi) is 2.44. The fourth-order valence-electron chi connectivity index (χ4n) is 0.898. The van der Waals surface area contributed by atoms with Gasteiger partial charge in [0.05, 0.1) is 6.61 Å². The van der Waals surface area contributed by atoms with Crippen molar-refractivity contribution in [3.05, 3.63) is 22.1 Å². The lowest BCUT2D eigenvalue weighted by Crippen LogP contribution is -2.19. The molecule has 0 aliphatic rings. The van der Waals surface area contributed by atoms with E-state index in [0.29, 0.717) is 12.1 Å². The summed E-state index contributed by atoms with van der Waals surface area (Å²) in [4.78, 5) is 14.5. The third-order valence-corrected chi connectivity index (χ3v) is 1.54. The Morgan fingerprint density at radius 2 is 2.42 bits per heavy atom. The van der Waals surface area contributed by atoms with Crippen molar-refractivity contribution < 1.29 is 5.11 Å². The van der Waals surface area contributed by atoms with Gasteiger partial charge in [-0.25, -0.2) is 0 Å². The summed E-state index contributed by atoms with van der Waals surface area (Å²) in [5.74, 6) is 0.139. The number of nitrogen functional groups attached to an aromatic ring is 1. The van der Waals surface area contributed by atoms with Gasteiger partial charge in [-0.2, -0.15) is 4.98 Å². The van der Waals surface area contributed by atoms with Crippen LogP contribution in [0.1, 0.15) is 5.56 Å². The molecule has 1 aromatic heterocycles. The van der Waals surface area contributed by atoms with Crippen LogP contribution in [0.15, 0.2) is 11.0 Å². The number of anilines is 1. The van der Waals surface area contributed by atoms with Gasteiger partial charge in [0.15, 0.2) is 0 Å². The molecular weight excluding hydrogens is 158 g/mol. The summed E-state index contributed by atoms with van der Waals surface area (Å²) in [5.41, 5.74) is 5.62. The molecule has 1 heterocycles. The van der Waals surface area contributed by atoms with Crippen molar-refractivity contribution in [1.29, 1.82) is 0 Å². The van der Waals surface area contributed by atoms with E-state index in [1.807, 2.05) is 0 Å². The number of nitrogens with two attached hydrogens (primary N) is 1. The molecule has 0 fully saturated rings. The highest BCUT2D eigenvalue weighted by Gasteiger charge is 2.00. The lowest BCUT2D eigenvalue weighted by atomic mass is 10.4. The molecule has 12 heavy (non-hydrogen) atoms. The van der Waals surface area contributed by atoms with Crippen LogP contribution < -0.4 is 11.3 Å². The van der Waals surface area contributed by atoms with Crippen molar-refractivity contribution in [3.63, 3.8) is 0 Å². The van der Waals surface area contributed by atoms with Gasteiger partial charge in [-0.15, -0.1) is 0 Å². The summed E-state index contributed by atoms with van der Waals surface area (Å²) in [6.07, 6.45) is 1.58. The number of aryl methyl sites for hydroxylation is 1. The Hall–Kier alpha value is -1.36. The zero-order valence-electron chi connectivity index (χ0n) is 6.82. The van der Waals surface area contributed by atoms with Crippen molar-refractivity contribution in [2.75, 3.05) is 12.3 Å². The van der Waals surface area contributed by atoms with Gasteiger partial charge in [0.2, 0.25) is 5.95 Å². The molecule has 1 rings (SSSR count). The monoisotopic (exact) mass is 169 g/mol. The van der Waals surface area contributed by atoms with E-state index >= 15 is 0 Å². The Labute approximate surface area is 69.5 Å². The van der Waals surface area contributed by atoms with E-state index in [1.54, 1.807) is 13.1 Å². The maximum absolute atomic E-state index is 10.9. The van der Waals surface area contributed by atoms with Gasteiger partial charge < -0.3 is 15.4 Å². The van der Waals surface area contributed by atoms with Crippen LogP contribution in [-0.4, -0.2) is 21.3 Å². The zero-order chi connectivity index (χ0) is 9.14. The molecule has 0 atom stereocenters. The predicted molar refractivity (Wildman–Crippen MR) is 44.7 cm³/mol. The lowest BCUT2D eigenvalue weighted by molar-refractivity contribution is 0.276. The summed E-state index contributed by atoms with van der Waals surface area (Å²) >= 11 is 0. The normalized spacial score (nSPS) is 10.2. The molecule has 0 unspecified atom stereocenters. The van der Waals surface area contributed by atoms with E-state index < -0.39 is 0 Å². The molecule has 5 nitrogen and oxygen atoms in total. The van der Waals surface area contributed by atoms with E-state index in [0.717, 1.165) is 0 Å². The fraction of sp³-hybridized carbons (Fsp3) is 0.429. The van der Waals surface area contributed by atoms with Crippen LogP contribution in [0.2, 0.25) is 0 Å². The highest BCUT2D eigenvalue weighted by molar-refractivity contribution is 5.19. The average Bonchev–Trinajstić information content (AvgIpc) is 2.01. The largest absolute Gasteiger partial charge is 0.395 e. The van der Waals surface area contributed by atoms with Crippen molar-refractivity contribution in [2.24, 2.45) is 0 Å². The highest BCUT2D eigenvalue weighted by Crippen LogP contribution is 1.96. The molecule has 0 saturated carbocycles. The minimum Gasteiger partial charge on any atom is -0.395 e. The molecule has 0 aromatic carbocycles. The van der Waals surface area contributed by atoms with Crippen LogP contribution in [0.25, 0.3) is 0 Å². The van der Waals surface area contributed by atoms with Gasteiger partial charge in [0, 0.05) is 18.3 Å². The van der Waals surface area contributed by atoms with Gasteiger partial charge in [-0.3, -0.25) is 4.79 Å². The van der Waals surface area contributed by atoms with Crippen molar-refractivity contribution in [2.45, 2.75) is 13.5 Å². The molecule has 0 aliphatic carbocycles. The molecule has 5 heteroatoms. The van der Waals surface area contributed by atoms with Crippen LogP contribution in [0.4, 0.5) is 5.95 Å². The molecule has 1 aromatic rings. The Balaban J connectivity index is 3.14. The van der Waals surface area contributed by atoms with E-state index in [2.05, 4.69) is 4.98 Å². The number of aliphatic hydroxyl groups excluding tert-OH is 1. The molecule has 0 radical (unpaired) electrons. The molecule has 66 valence electrons. The second-order valence-corrected chi connectivity index (χ2v) is 2.50. The van der Waals surface area contributed by atoms with Gasteiger partial charge in [0.25, 0.3) is 5.56 Å². The Morgan fingerprint density at radius 3 is 3.00 bits per heavy atom. The van der Waals surface area contributed by atoms with Crippen molar-refractivity contribution in [3.8, 4) is 0 Å². The van der Waals surface area contributed by atoms with E-state index in [4.69, 9.17) is 10.8 Å². The molecule has 0 spiro atoms. The van der Waals surface area contributed by atoms with E-state index in [-0.39, 0.29) is 18.1 Å². The second-order valence-electron chi connectivity index (χ2n) is 2.50. The first kappa shape index (κ1) is 8.73. The lowest BCUT2D eigenvalue weighted by Gasteiger charge is -2.06.